The van der Waals surface area contributed by atoms with E-state index in [9.17, 15) is 18.0 Å². The molecule has 2 aromatic carbocycles. The molecule has 2 N–H and O–H groups in total. The summed E-state index contributed by atoms with van der Waals surface area (Å²) in [6, 6.07) is 7.53. The summed E-state index contributed by atoms with van der Waals surface area (Å²) in [5.74, 6) is -3.53. The average Bonchev–Trinajstić information content (AvgIpc) is 3.47. The summed E-state index contributed by atoms with van der Waals surface area (Å²) in [4.78, 5) is 16.3. The molecule has 0 radical (unpaired) electrons. The number of anilines is 2. The predicted molar refractivity (Wildman–Crippen MR) is 133 cm³/mol. The van der Waals surface area contributed by atoms with Gasteiger partial charge in [-0.1, -0.05) is 0 Å². The van der Waals surface area contributed by atoms with Crippen LogP contribution < -0.4 is 14.8 Å². The van der Waals surface area contributed by atoms with E-state index < -0.39 is 17.5 Å². The van der Waals surface area contributed by atoms with Gasteiger partial charge in [-0.2, -0.15) is 0 Å². The second-order valence-corrected chi connectivity index (χ2v) is 9.05. The van der Waals surface area contributed by atoms with E-state index in [1.54, 1.807) is 30.4 Å². The predicted octanol–water partition coefficient (Wildman–Crippen LogP) is 7.11. The maximum absolute atomic E-state index is 12.9. The lowest BCUT2D eigenvalue weighted by Crippen LogP contribution is -1.94. The summed E-state index contributed by atoms with van der Waals surface area (Å²) in [7, 11) is 3.61. The maximum atomic E-state index is 12.9. The van der Waals surface area contributed by atoms with Crippen LogP contribution >= 0.6 is 23.3 Å². The van der Waals surface area contributed by atoms with Crippen molar-refractivity contribution in [2.75, 3.05) is 24.2 Å². The van der Waals surface area contributed by atoms with Crippen molar-refractivity contribution < 1.29 is 27.1 Å². The molecule has 0 aliphatic carbocycles. The van der Waals surface area contributed by atoms with Crippen molar-refractivity contribution in [2.24, 2.45) is 0 Å². The van der Waals surface area contributed by atoms with Gasteiger partial charge >= 0.3 is 0 Å². The van der Waals surface area contributed by atoms with Gasteiger partial charge in [0.05, 0.1) is 17.7 Å². The highest BCUT2D eigenvalue weighted by atomic mass is 32.2. The Morgan fingerprint density at radius 1 is 1.14 bits per heavy atom. The molecule has 0 unspecified atom stereocenters. The number of aryl methyl sites for hydroxylation is 2. The van der Waals surface area contributed by atoms with E-state index in [0.29, 0.717) is 6.29 Å². The number of thiophene rings is 1. The number of aldehydes is 1. The number of carbonyl (C=O) groups excluding carboxylic acids is 1. The van der Waals surface area contributed by atoms with E-state index in [0.717, 1.165) is 34.7 Å². The van der Waals surface area contributed by atoms with Crippen LogP contribution in [-0.2, 0) is 0 Å². The molecule has 0 saturated carbocycles. The number of carbonyl (C=O) groups is 1. The van der Waals surface area contributed by atoms with Crippen molar-refractivity contribution in [1.29, 1.82) is 0 Å². The molecule has 0 bridgehead atoms. The van der Waals surface area contributed by atoms with Crippen LogP contribution in [0.4, 0.5) is 24.5 Å². The number of hydrogen-bond donors (Lipinski definition) is 2. The average molecular weight is 522 g/mol. The van der Waals surface area contributed by atoms with Gasteiger partial charge in [-0.05, 0) is 67.1 Å². The first-order valence-corrected chi connectivity index (χ1v) is 11.9. The third kappa shape index (κ3) is 6.37. The van der Waals surface area contributed by atoms with Gasteiger partial charge in [-0.3, -0.25) is 4.79 Å². The van der Waals surface area contributed by atoms with Crippen LogP contribution in [0.15, 0.2) is 51.3 Å². The molecule has 2 heterocycles. The number of benzene rings is 2. The first-order chi connectivity index (χ1) is 16.8. The summed E-state index contributed by atoms with van der Waals surface area (Å²) >= 11 is 3.34. The fourth-order valence-electron chi connectivity index (χ4n) is 2.89. The molecule has 0 aliphatic rings. The first-order valence-electron chi connectivity index (χ1n) is 10.2. The van der Waals surface area contributed by atoms with Gasteiger partial charge in [0.25, 0.3) is 0 Å². The van der Waals surface area contributed by atoms with E-state index in [4.69, 9.17) is 9.15 Å². The summed E-state index contributed by atoms with van der Waals surface area (Å²) in [5.41, 5.74) is 3.46. The molecule has 6 nitrogen and oxygen atoms in total. The van der Waals surface area contributed by atoms with Crippen LogP contribution in [0.2, 0.25) is 0 Å². The number of rotatable bonds is 7. The van der Waals surface area contributed by atoms with Crippen molar-refractivity contribution in [3.05, 3.63) is 75.6 Å². The molecular weight excluding hydrogens is 499 g/mol. The molecule has 0 saturated heterocycles. The summed E-state index contributed by atoms with van der Waals surface area (Å²) in [6.07, 6.45) is 1.45. The van der Waals surface area contributed by atoms with Gasteiger partial charge in [0.2, 0.25) is 5.89 Å². The minimum Gasteiger partial charge on any atom is -0.496 e. The van der Waals surface area contributed by atoms with Crippen molar-refractivity contribution >= 4 is 40.9 Å². The van der Waals surface area contributed by atoms with Gasteiger partial charge in [0.15, 0.2) is 23.7 Å². The Bertz CT molecular complexity index is 1280. The quantitative estimate of drug-likeness (QED) is 0.153. The smallest absolute Gasteiger partial charge is 0.226 e. The molecule has 0 aliphatic heterocycles. The molecule has 0 spiro atoms. The van der Waals surface area contributed by atoms with Crippen molar-refractivity contribution in [1.82, 2.24) is 4.98 Å². The Balaban J connectivity index is 0.000000198. The SMILES string of the molecule is CNc1ccc(OC)c(SNc2c(C)csc2C)c1.O=Cc1coc(-c2cc(F)c(F)c(F)c2)n1. The van der Waals surface area contributed by atoms with E-state index in [1.165, 1.54) is 16.1 Å². The third-order valence-electron chi connectivity index (χ3n) is 4.75. The van der Waals surface area contributed by atoms with Gasteiger partial charge in [0, 0.05) is 23.2 Å². The number of oxazole rings is 1. The summed E-state index contributed by atoms with van der Waals surface area (Å²) < 4.78 is 52.0. The van der Waals surface area contributed by atoms with Crippen LogP contribution in [0.1, 0.15) is 20.9 Å². The second kappa shape index (κ2) is 11.8. The lowest BCUT2D eigenvalue weighted by atomic mass is 10.2. The number of halogens is 3. The van der Waals surface area contributed by atoms with Crippen molar-refractivity contribution in [3.8, 4) is 17.2 Å². The lowest BCUT2D eigenvalue weighted by Gasteiger charge is -2.12. The topological polar surface area (TPSA) is 76.4 Å². The number of methoxy groups -OCH3 is 1. The van der Waals surface area contributed by atoms with Crippen LogP contribution in [-0.4, -0.2) is 25.4 Å². The third-order valence-corrected chi connectivity index (χ3v) is 6.62. The van der Waals surface area contributed by atoms with Crippen LogP contribution in [0, 0.1) is 31.3 Å². The Kier molecular flexibility index (Phi) is 8.83. The number of ether oxygens (including phenoxy) is 1. The number of aromatic nitrogens is 1. The Labute approximate surface area is 208 Å². The normalized spacial score (nSPS) is 10.4. The Morgan fingerprint density at radius 2 is 1.86 bits per heavy atom. The molecule has 0 fully saturated rings. The number of nitrogens with one attached hydrogen (secondary N) is 2. The zero-order chi connectivity index (χ0) is 25.5. The minimum absolute atomic E-state index is 0.0138. The van der Waals surface area contributed by atoms with Crippen LogP contribution in [0.3, 0.4) is 0 Å². The van der Waals surface area contributed by atoms with Crippen LogP contribution in [0.25, 0.3) is 11.5 Å². The fourth-order valence-corrected chi connectivity index (χ4v) is 4.72. The molecule has 4 rings (SSSR count). The summed E-state index contributed by atoms with van der Waals surface area (Å²) in [5, 5.41) is 5.31. The standard InChI is InChI=1S/C14H18N2OS2.C10H4F3NO2/c1-9-8-18-10(2)14(9)16-19-13-7-11(15-3)5-6-12(13)17-4;11-7-1-5(2-8(12)9(7)13)10-14-6(3-15)4-16-10/h5-8,15-16H,1-4H3;1-4H. The Morgan fingerprint density at radius 3 is 2.40 bits per heavy atom. The highest BCUT2D eigenvalue weighted by Gasteiger charge is 2.14. The van der Waals surface area contributed by atoms with E-state index in [-0.39, 0.29) is 17.1 Å². The van der Waals surface area contributed by atoms with Crippen molar-refractivity contribution in [3.63, 3.8) is 0 Å². The number of nitrogens with zero attached hydrogens (tertiary/aromatic N) is 1. The molecular formula is C24H22F3N3O3S2. The Hall–Kier alpha value is -3.44. The highest BCUT2D eigenvalue weighted by molar-refractivity contribution is 8.00. The van der Waals surface area contributed by atoms with E-state index in [1.807, 2.05) is 19.2 Å². The van der Waals surface area contributed by atoms with Crippen molar-refractivity contribution in [2.45, 2.75) is 18.7 Å². The fraction of sp³-hybridized carbons (Fsp3) is 0.167. The first kappa shape index (κ1) is 26.2. The monoisotopic (exact) mass is 521 g/mol. The van der Waals surface area contributed by atoms with E-state index in [2.05, 4.69) is 40.3 Å². The van der Waals surface area contributed by atoms with Gasteiger partial charge in [-0.25, -0.2) is 18.2 Å². The zero-order valence-corrected chi connectivity index (χ0v) is 20.9. The second-order valence-electron chi connectivity index (χ2n) is 7.12. The summed E-state index contributed by atoms with van der Waals surface area (Å²) in [6.45, 7) is 4.25. The molecule has 2 aromatic heterocycles. The molecule has 0 amide bonds. The highest BCUT2D eigenvalue weighted by Crippen LogP contribution is 2.35. The molecule has 4 aromatic rings. The molecule has 184 valence electrons. The van der Waals surface area contributed by atoms with E-state index >= 15 is 0 Å². The van der Waals surface area contributed by atoms with Gasteiger partial charge in [-0.15, -0.1) is 11.3 Å². The van der Waals surface area contributed by atoms with Gasteiger partial charge in [0.1, 0.15) is 17.7 Å². The molecule has 35 heavy (non-hydrogen) atoms. The molecule has 0 atom stereocenters. The maximum Gasteiger partial charge on any atom is 0.226 e. The minimum atomic E-state index is -1.56. The molecule has 11 heteroatoms. The van der Waals surface area contributed by atoms with Gasteiger partial charge < -0.3 is 19.2 Å². The van der Waals surface area contributed by atoms with Crippen LogP contribution in [0.5, 0.6) is 5.75 Å². The largest absolute Gasteiger partial charge is 0.496 e. The number of hydrogen-bond acceptors (Lipinski definition) is 8. The zero-order valence-electron chi connectivity index (χ0n) is 19.2. The lowest BCUT2D eigenvalue weighted by molar-refractivity contribution is 0.111.